The number of hydrogen-bond acceptors (Lipinski definition) is 7. The number of pyridine rings is 1. The van der Waals surface area contributed by atoms with Gasteiger partial charge in [0.15, 0.2) is 0 Å². The van der Waals surface area contributed by atoms with Crippen LogP contribution >= 0.6 is 28.3 Å². The highest BCUT2D eigenvalue weighted by atomic mass is 79.9. The van der Waals surface area contributed by atoms with Gasteiger partial charge >= 0.3 is 0 Å². The third-order valence-electron chi connectivity index (χ3n) is 5.52. The topological polar surface area (TPSA) is 92.3 Å². The maximum Gasteiger partial charge on any atom is 0.257 e. The number of hydrogen-bond donors (Lipinski definition) is 2. The van der Waals surface area contributed by atoms with E-state index in [0.29, 0.717) is 23.1 Å². The number of nitrogens with one attached hydrogen (secondary N) is 2. The first kappa shape index (κ1) is 25.7. The van der Waals surface area contributed by atoms with Crippen molar-refractivity contribution in [1.82, 2.24) is 20.3 Å². The van der Waals surface area contributed by atoms with Crippen molar-refractivity contribution in [2.45, 2.75) is 37.8 Å². The van der Waals surface area contributed by atoms with Gasteiger partial charge in [-0.2, -0.15) is 4.98 Å². The third-order valence-corrected chi connectivity index (χ3v) is 6.08. The van der Waals surface area contributed by atoms with Gasteiger partial charge in [0.05, 0.1) is 4.47 Å². The number of rotatable bonds is 7. The second-order valence-electron chi connectivity index (χ2n) is 8.20. The zero-order valence-corrected chi connectivity index (χ0v) is 21.5. The quantitative estimate of drug-likeness (QED) is 0.427. The number of halogens is 2. The number of aromatic nitrogens is 3. The fourth-order valence-corrected chi connectivity index (χ4v) is 4.36. The molecule has 0 aliphatic heterocycles. The van der Waals surface area contributed by atoms with Crippen LogP contribution in [0, 0.1) is 0 Å². The molecule has 34 heavy (non-hydrogen) atoms. The number of anilines is 2. The van der Waals surface area contributed by atoms with Crippen LogP contribution in [0.2, 0.25) is 0 Å². The maximum atomic E-state index is 13.0. The number of benzene rings is 1. The van der Waals surface area contributed by atoms with E-state index in [0.717, 1.165) is 36.0 Å². The molecule has 2 aromatic heterocycles. The molecule has 180 valence electrons. The lowest BCUT2D eigenvalue weighted by Gasteiger charge is -2.30. The number of amides is 1. The normalized spacial score (nSPS) is 17.3. The number of para-hydroxylation sites is 1. The van der Waals surface area contributed by atoms with Gasteiger partial charge in [-0.1, -0.05) is 18.2 Å². The molecule has 1 saturated carbocycles. The Hall–Kier alpha value is -2.91. The van der Waals surface area contributed by atoms with Crippen molar-refractivity contribution in [3.63, 3.8) is 0 Å². The van der Waals surface area contributed by atoms with Crippen LogP contribution in [0.3, 0.4) is 0 Å². The monoisotopic (exact) mass is 546 g/mol. The Balaban J connectivity index is 0.00000324. The zero-order chi connectivity index (χ0) is 23.2. The molecule has 0 unspecified atom stereocenters. The highest BCUT2D eigenvalue weighted by Gasteiger charge is 2.25. The molecular weight excluding hydrogens is 520 g/mol. The molecule has 1 amide bonds. The molecule has 10 heteroatoms. The van der Waals surface area contributed by atoms with Gasteiger partial charge in [-0.05, 0) is 65.9 Å². The Labute approximate surface area is 214 Å². The van der Waals surface area contributed by atoms with E-state index in [2.05, 4.69) is 41.5 Å². The molecule has 4 rings (SSSR count). The van der Waals surface area contributed by atoms with Crippen LogP contribution in [0.1, 0.15) is 36.0 Å². The molecule has 1 aromatic carbocycles. The van der Waals surface area contributed by atoms with Gasteiger partial charge in [-0.15, -0.1) is 12.4 Å². The largest absolute Gasteiger partial charge is 0.438 e. The average Bonchev–Trinajstić information content (AvgIpc) is 2.82. The highest BCUT2D eigenvalue weighted by molar-refractivity contribution is 9.10. The summed E-state index contributed by atoms with van der Waals surface area (Å²) in [7, 11) is 3.90. The minimum atomic E-state index is -0.169. The van der Waals surface area contributed by atoms with E-state index in [1.54, 1.807) is 24.5 Å². The first-order valence-electron chi connectivity index (χ1n) is 10.9. The van der Waals surface area contributed by atoms with E-state index < -0.39 is 0 Å². The SMILES string of the molecule is CN(C)c1nc(NC2CCC(NC(=O)c3cccnc3Oc3ccccc3)CC2)ncc1Br.Cl. The second kappa shape index (κ2) is 12.0. The third kappa shape index (κ3) is 6.57. The second-order valence-corrected chi connectivity index (χ2v) is 9.05. The van der Waals surface area contributed by atoms with Gasteiger partial charge < -0.3 is 20.3 Å². The van der Waals surface area contributed by atoms with Crippen molar-refractivity contribution < 1.29 is 9.53 Å². The Kier molecular flexibility index (Phi) is 9.06. The Morgan fingerprint density at radius 3 is 2.44 bits per heavy atom. The van der Waals surface area contributed by atoms with Crippen LogP contribution < -0.4 is 20.3 Å². The number of nitrogens with zero attached hydrogens (tertiary/aromatic N) is 4. The lowest BCUT2D eigenvalue weighted by atomic mass is 9.91. The molecule has 1 fully saturated rings. The maximum absolute atomic E-state index is 13.0. The van der Waals surface area contributed by atoms with Gasteiger partial charge in [-0.25, -0.2) is 9.97 Å². The van der Waals surface area contributed by atoms with Gasteiger partial charge in [-0.3, -0.25) is 4.79 Å². The Morgan fingerprint density at radius 1 is 1.03 bits per heavy atom. The first-order chi connectivity index (χ1) is 16.0. The van der Waals surface area contributed by atoms with E-state index >= 15 is 0 Å². The summed E-state index contributed by atoms with van der Waals surface area (Å²) in [5.74, 6) is 2.23. The molecule has 1 aliphatic carbocycles. The summed E-state index contributed by atoms with van der Waals surface area (Å²) in [6.07, 6.45) is 6.97. The first-order valence-corrected chi connectivity index (χ1v) is 11.7. The summed E-state index contributed by atoms with van der Waals surface area (Å²) in [5, 5.41) is 6.58. The standard InChI is InChI=1S/C24H27BrN6O2.ClH/c1-31(2)21-20(25)15-27-24(30-21)29-17-12-10-16(11-13-17)28-22(32)19-9-6-14-26-23(19)33-18-7-4-3-5-8-18;/h3-9,14-17H,10-13H2,1-2H3,(H,28,32)(H,27,29,30);1H. The number of carbonyl (C=O) groups excluding carboxylic acids is 1. The molecular formula is C24H28BrClN6O2. The van der Waals surface area contributed by atoms with Crippen molar-refractivity contribution in [3.8, 4) is 11.6 Å². The fraction of sp³-hybridized carbons (Fsp3) is 0.333. The van der Waals surface area contributed by atoms with E-state index in [4.69, 9.17) is 4.74 Å². The number of carbonyl (C=O) groups is 1. The predicted molar refractivity (Wildman–Crippen MR) is 139 cm³/mol. The van der Waals surface area contributed by atoms with Crippen molar-refractivity contribution in [2.75, 3.05) is 24.3 Å². The van der Waals surface area contributed by atoms with Crippen LogP contribution in [0.4, 0.5) is 11.8 Å². The molecule has 1 aliphatic rings. The molecule has 2 N–H and O–H groups in total. The van der Waals surface area contributed by atoms with Crippen molar-refractivity contribution in [2.24, 2.45) is 0 Å². The summed E-state index contributed by atoms with van der Waals surface area (Å²) in [6, 6.07) is 13.2. The Morgan fingerprint density at radius 2 is 1.74 bits per heavy atom. The van der Waals surface area contributed by atoms with Crippen LogP contribution in [-0.4, -0.2) is 47.0 Å². The highest BCUT2D eigenvalue weighted by Crippen LogP contribution is 2.26. The van der Waals surface area contributed by atoms with Gasteiger partial charge in [0.2, 0.25) is 11.8 Å². The summed E-state index contributed by atoms with van der Waals surface area (Å²) in [4.78, 5) is 28.1. The summed E-state index contributed by atoms with van der Waals surface area (Å²) in [6.45, 7) is 0. The molecule has 0 spiro atoms. The molecule has 3 aromatic rings. The van der Waals surface area contributed by atoms with Gasteiger partial charge in [0.1, 0.15) is 17.1 Å². The fourth-order valence-electron chi connectivity index (χ4n) is 3.81. The van der Waals surface area contributed by atoms with Crippen LogP contribution in [0.5, 0.6) is 11.6 Å². The van der Waals surface area contributed by atoms with Crippen molar-refractivity contribution in [1.29, 1.82) is 0 Å². The Bertz CT molecular complexity index is 1090. The zero-order valence-electron chi connectivity index (χ0n) is 19.1. The molecule has 8 nitrogen and oxygen atoms in total. The molecule has 2 heterocycles. The van der Waals surface area contributed by atoms with Crippen molar-refractivity contribution in [3.05, 3.63) is 64.9 Å². The minimum absolute atomic E-state index is 0. The van der Waals surface area contributed by atoms with E-state index in [-0.39, 0.29) is 30.4 Å². The smallest absolute Gasteiger partial charge is 0.257 e. The molecule has 0 saturated heterocycles. The molecule has 0 bridgehead atoms. The molecule has 0 atom stereocenters. The van der Waals surface area contributed by atoms with Gasteiger partial charge in [0.25, 0.3) is 5.91 Å². The van der Waals surface area contributed by atoms with Crippen LogP contribution in [-0.2, 0) is 0 Å². The lowest BCUT2D eigenvalue weighted by Crippen LogP contribution is -2.40. The van der Waals surface area contributed by atoms with Crippen molar-refractivity contribution >= 4 is 46.0 Å². The summed E-state index contributed by atoms with van der Waals surface area (Å²) in [5.41, 5.74) is 0.432. The summed E-state index contributed by atoms with van der Waals surface area (Å²) < 4.78 is 6.69. The van der Waals surface area contributed by atoms with Crippen LogP contribution in [0.15, 0.2) is 59.3 Å². The molecule has 0 radical (unpaired) electrons. The van der Waals surface area contributed by atoms with E-state index in [9.17, 15) is 4.79 Å². The average molecular weight is 548 g/mol. The van der Waals surface area contributed by atoms with Gasteiger partial charge in [0, 0.05) is 38.6 Å². The minimum Gasteiger partial charge on any atom is -0.438 e. The van der Waals surface area contributed by atoms with E-state index in [1.807, 2.05) is 49.3 Å². The van der Waals surface area contributed by atoms with Crippen LogP contribution in [0.25, 0.3) is 0 Å². The summed E-state index contributed by atoms with van der Waals surface area (Å²) >= 11 is 3.48. The van der Waals surface area contributed by atoms with E-state index in [1.165, 1.54) is 0 Å². The number of ether oxygens (including phenoxy) is 1. The predicted octanol–water partition coefficient (Wildman–Crippen LogP) is 5.07. The lowest BCUT2D eigenvalue weighted by molar-refractivity contribution is 0.0923.